The Hall–Kier alpha value is -3.40. The highest BCUT2D eigenvalue weighted by Crippen LogP contribution is 2.25. The van der Waals surface area contributed by atoms with Crippen LogP contribution in [0.1, 0.15) is 29.5 Å². The monoisotopic (exact) mass is 438 g/mol. The van der Waals surface area contributed by atoms with Crippen LogP contribution in [0.5, 0.6) is 0 Å². The molecule has 0 aliphatic carbocycles. The number of piperidine rings is 1. The van der Waals surface area contributed by atoms with Gasteiger partial charge in [-0.05, 0) is 47.1 Å². The molecule has 2 aliphatic heterocycles. The first-order valence-corrected chi connectivity index (χ1v) is 11.9. The summed E-state index contributed by atoms with van der Waals surface area (Å²) in [5.41, 5.74) is 6.00. The molecular formula is C29H30N2O2. The molecule has 33 heavy (non-hydrogen) atoms. The predicted octanol–water partition coefficient (Wildman–Crippen LogP) is 4.72. The van der Waals surface area contributed by atoms with Crippen LogP contribution in [0.3, 0.4) is 0 Å². The number of fused-ring (bicyclic) bond motifs is 1. The summed E-state index contributed by atoms with van der Waals surface area (Å²) in [5, 5.41) is 0. The summed E-state index contributed by atoms with van der Waals surface area (Å²) in [7, 11) is 0. The summed E-state index contributed by atoms with van der Waals surface area (Å²) in [4.78, 5) is 29.9. The zero-order chi connectivity index (χ0) is 22.6. The fourth-order valence-corrected chi connectivity index (χ4v) is 5.05. The van der Waals surface area contributed by atoms with Gasteiger partial charge in [0.25, 0.3) is 0 Å². The third-order valence-corrected chi connectivity index (χ3v) is 7.06. The molecule has 0 unspecified atom stereocenters. The first-order chi connectivity index (χ1) is 16.2. The van der Waals surface area contributed by atoms with Crippen molar-refractivity contribution in [3.63, 3.8) is 0 Å². The fourth-order valence-electron chi connectivity index (χ4n) is 5.05. The van der Waals surface area contributed by atoms with E-state index < -0.39 is 0 Å². The highest BCUT2D eigenvalue weighted by molar-refractivity contribution is 5.81. The lowest BCUT2D eigenvalue weighted by molar-refractivity contribution is -0.141. The van der Waals surface area contributed by atoms with Crippen molar-refractivity contribution in [3.05, 3.63) is 95.6 Å². The van der Waals surface area contributed by atoms with Crippen molar-refractivity contribution in [2.45, 2.75) is 32.2 Å². The average Bonchev–Trinajstić information content (AvgIpc) is 2.89. The lowest BCUT2D eigenvalue weighted by Gasteiger charge is -2.36. The van der Waals surface area contributed by atoms with Crippen molar-refractivity contribution in [1.82, 2.24) is 9.80 Å². The highest BCUT2D eigenvalue weighted by atomic mass is 16.2. The van der Waals surface area contributed by atoms with Gasteiger partial charge in [-0.2, -0.15) is 0 Å². The van der Waals surface area contributed by atoms with Gasteiger partial charge in [0.15, 0.2) is 0 Å². The van der Waals surface area contributed by atoms with Gasteiger partial charge in [-0.15, -0.1) is 0 Å². The highest BCUT2D eigenvalue weighted by Gasteiger charge is 2.31. The molecular weight excluding hydrogens is 408 g/mol. The van der Waals surface area contributed by atoms with Gasteiger partial charge in [0, 0.05) is 32.1 Å². The molecule has 5 rings (SSSR count). The Kier molecular flexibility index (Phi) is 6.25. The van der Waals surface area contributed by atoms with Crippen LogP contribution >= 0.6 is 0 Å². The maximum absolute atomic E-state index is 13.1. The second-order valence-corrected chi connectivity index (χ2v) is 9.17. The number of benzene rings is 3. The molecule has 168 valence electrons. The second kappa shape index (κ2) is 9.62. The number of nitrogens with zero attached hydrogens (tertiary/aromatic N) is 2. The maximum Gasteiger partial charge on any atom is 0.226 e. The van der Waals surface area contributed by atoms with Crippen molar-refractivity contribution in [3.8, 4) is 11.1 Å². The van der Waals surface area contributed by atoms with E-state index in [-0.39, 0.29) is 17.7 Å². The normalized spacial score (nSPS) is 16.4. The lowest BCUT2D eigenvalue weighted by atomic mass is 9.92. The molecule has 3 aromatic rings. The van der Waals surface area contributed by atoms with E-state index in [2.05, 4.69) is 42.5 Å². The molecule has 0 radical (unpaired) electrons. The number of carbonyl (C=O) groups excluding carboxylic acids is 2. The lowest BCUT2D eigenvalue weighted by Crippen LogP contribution is -2.46. The minimum atomic E-state index is 0.0319. The van der Waals surface area contributed by atoms with Gasteiger partial charge in [0.05, 0.1) is 6.42 Å². The molecule has 2 amide bonds. The third kappa shape index (κ3) is 4.85. The molecule has 0 bridgehead atoms. The van der Waals surface area contributed by atoms with E-state index >= 15 is 0 Å². The summed E-state index contributed by atoms with van der Waals surface area (Å²) < 4.78 is 0. The van der Waals surface area contributed by atoms with Gasteiger partial charge in [-0.1, -0.05) is 78.9 Å². The first-order valence-electron chi connectivity index (χ1n) is 11.9. The Labute approximate surface area is 195 Å². The van der Waals surface area contributed by atoms with Crippen LogP contribution in [0.2, 0.25) is 0 Å². The van der Waals surface area contributed by atoms with Gasteiger partial charge >= 0.3 is 0 Å². The first kappa shape index (κ1) is 21.4. The largest absolute Gasteiger partial charge is 0.342 e. The van der Waals surface area contributed by atoms with Crippen molar-refractivity contribution in [1.29, 1.82) is 0 Å². The van der Waals surface area contributed by atoms with Gasteiger partial charge in [-0.3, -0.25) is 9.59 Å². The molecule has 4 heteroatoms. The molecule has 3 aromatic carbocycles. The minimum absolute atomic E-state index is 0.0319. The number of amides is 2. The zero-order valence-corrected chi connectivity index (χ0v) is 19.0. The van der Waals surface area contributed by atoms with Crippen molar-refractivity contribution in [2.75, 3.05) is 19.6 Å². The number of hydrogen-bond acceptors (Lipinski definition) is 2. The molecule has 1 fully saturated rings. The summed E-state index contributed by atoms with van der Waals surface area (Å²) >= 11 is 0. The minimum Gasteiger partial charge on any atom is -0.342 e. The van der Waals surface area contributed by atoms with Gasteiger partial charge in [-0.25, -0.2) is 0 Å². The van der Waals surface area contributed by atoms with E-state index in [0.29, 0.717) is 26.1 Å². The topological polar surface area (TPSA) is 40.6 Å². The Morgan fingerprint density at radius 1 is 0.697 bits per heavy atom. The van der Waals surface area contributed by atoms with Crippen LogP contribution in [0.15, 0.2) is 78.9 Å². The van der Waals surface area contributed by atoms with Gasteiger partial charge in [0.1, 0.15) is 0 Å². The van der Waals surface area contributed by atoms with Crippen LogP contribution in [0.4, 0.5) is 0 Å². The molecule has 4 nitrogen and oxygen atoms in total. The van der Waals surface area contributed by atoms with E-state index in [1.807, 2.05) is 46.2 Å². The van der Waals surface area contributed by atoms with E-state index in [1.165, 1.54) is 16.7 Å². The molecule has 0 aromatic heterocycles. The van der Waals surface area contributed by atoms with Crippen LogP contribution in [-0.4, -0.2) is 41.2 Å². The Bertz CT molecular complexity index is 1120. The Morgan fingerprint density at radius 3 is 2.06 bits per heavy atom. The quantitative estimate of drug-likeness (QED) is 0.591. The molecule has 0 N–H and O–H groups in total. The number of likely N-dealkylation sites (tertiary alicyclic amines) is 1. The van der Waals surface area contributed by atoms with E-state index in [0.717, 1.165) is 36.9 Å². The summed E-state index contributed by atoms with van der Waals surface area (Å²) in [6.07, 6.45) is 2.87. The average molecular weight is 439 g/mol. The standard InChI is InChI=1S/C29H30N2O2/c32-28(20-22-10-12-25(13-11-22)23-6-2-1-3-7-23)30-17-15-26(16-18-30)29(33)31-19-14-24-8-4-5-9-27(24)21-31/h1-13,26H,14-21H2. The molecule has 0 spiro atoms. The predicted molar refractivity (Wildman–Crippen MR) is 130 cm³/mol. The second-order valence-electron chi connectivity index (χ2n) is 9.17. The Morgan fingerprint density at radius 2 is 1.33 bits per heavy atom. The van der Waals surface area contributed by atoms with Crippen molar-refractivity contribution >= 4 is 11.8 Å². The zero-order valence-electron chi connectivity index (χ0n) is 19.0. The number of hydrogen-bond donors (Lipinski definition) is 0. The number of carbonyl (C=O) groups is 2. The van der Waals surface area contributed by atoms with Crippen LogP contribution in [0, 0.1) is 5.92 Å². The number of rotatable bonds is 4. The molecule has 1 saturated heterocycles. The van der Waals surface area contributed by atoms with E-state index in [9.17, 15) is 9.59 Å². The van der Waals surface area contributed by atoms with Crippen LogP contribution in [0.25, 0.3) is 11.1 Å². The smallest absolute Gasteiger partial charge is 0.226 e. The van der Waals surface area contributed by atoms with E-state index in [4.69, 9.17) is 0 Å². The maximum atomic E-state index is 13.1. The van der Waals surface area contributed by atoms with Crippen LogP contribution < -0.4 is 0 Å². The van der Waals surface area contributed by atoms with Gasteiger partial charge < -0.3 is 9.80 Å². The Balaban J connectivity index is 1.13. The molecule has 2 heterocycles. The molecule has 0 saturated carbocycles. The SMILES string of the molecule is O=C(Cc1ccc(-c2ccccc2)cc1)N1CCC(C(=O)N2CCc3ccccc3C2)CC1. The molecule has 0 atom stereocenters. The summed E-state index contributed by atoms with van der Waals surface area (Å²) in [6, 6.07) is 26.9. The summed E-state index contributed by atoms with van der Waals surface area (Å²) in [5.74, 6) is 0.442. The third-order valence-electron chi connectivity index (χ3n) is 7.06. The summed E-state index contributed by atoms with van der Waals surface area (Å²) in [6.45, 7) is 2.85. The van der Waals surface area contributed by atoms with Gasteiger partial charge in [0.2, 0.25) is 11.8 Å². The van der Waals surface area contributed by atoms with E-state index in [1.54, 1.807) is 0 Å². The van der Waals surface area contributed by atoms with Crippen LogP contribution in [-0.2, 0) is 29.0 Å². The molecule has 2 aliphatic rings. The van der Waals surface area contributed by atoms with Crippen molar-refractivity contribution in [2.24, 2.45) is 5.92 Å². The fraction of sp³-hybridized carbons (Fsp3) is 0.310. The van der Waals surface area contributed by atoms with Crippen molar-refractivity contribution < 1.29 is 9.59 Å².